The Morgan fingerprint density at radius 2 is 1.50 bits per heavy atom. The summed E-state index contributed by atoms with van der Waals surface area (Å²) in [5.74, 6) is -0.856. The Kier molecular flexibility index (Phi) is 4.72. The lowest BCUT2D eigenvalue weighted by Crippen LogP contribution is -1.96. The van der Waals surface area contributed by atoms with E-state index in [1.54, 1.807) is 13.0 Å². The van der Waals surface area contributed by atoms with Gasteiger partial charge in [0.05, 0.1) is 0 Å². The van der Waals surface area contributed by atoms with Crippen molar-refractivity contribution in [3.05, 3.63) is 82.9 Å². The molecule has 102 valence electrons. The molecule has 0 saturated heterocycles. The predicted octanol–water partition coefficient (Wildman–Crippen LogP) is 3.85. The quantitative estimate of drug-likeness (QED) is 0.835. The van der Waals surface area contributed by atoms with E-state index in [1.807, 2.05) is 18.2 Å². The largest absolute Gasteiger partial charge is 0.478 e. The molecule has 2 rings (SSSR count). The summed E-state index contributed by atoms with van der Waals surface area (Å²) in [5.41, 5.74) is 4.07. The molecule has 2 nitrogen and oxygen atoms in total. The Balaban J connectivity index is 2.00. The molecule has 2 aromatic rings. The average molecular weight is 266 g/mol. The molecule has 0 aromatic heterocycles. The first-order chi connectivity index (χ1) is 9.65. The molecule has 1 N–H and O–H groups in total. The van der Waals surface area contributed by atoms with Crippen molar-refractivity contribution >= 4 is 5.97 Å². The topological polar surface area (TPSA) is 37.3 Å². The van der Waals surface area contributed by atoms with Crippen LogP contribution < -0.4 is 0 Å². The van der Waals surface area contributed by atoms with Crippen LogP contribution in [0.15, 0.2) is 66.2 Å². The molecule has 0 aliphatic carbocycles. The maximum atomic E-state index is 10.7. The first-order valence-electron chi connectivity index (χ1n) is 6.67. The second-order valence-electron chi connectivity index (χ2n) is 4.88. The molecule has 0 aliphatic rings. The summed E-state index contributed by atoms with van der Waals surface area (Å²) in [4.78, 5) is 10.7. The smallest absolute Gasteiger partial charge is 0.330 e. The number of carbonyl (C=O) groups is 1. The number of benzene rings is 2. The van der Waals surface area contributed by atoms with E-state index in [-0.39, 0.29) is 0 Å². The van der Waals surface area contributed by atoms with Gasteiger partial charge in [-0.15, -0.1) is 0 Å². The van der Waals surface area contributed by atoms with Crippen molar-refractivity contribution in [2.75, 3.05) is 0 Å². The van der Waals surface area contributed by atoms with Crippen molar-refractivity contribution in [1.82, 2.24) is 0 Å². The molecule has 2 heteroatoms. The molecular formula is C18H18O2. The molecule has 0 fully saturated rings. The third kappa shape index (κ3) is 4.09. The first kappa shape index (κ1) is 14.1. The van der Waals surface area contributed by atoms with Crippen LogP contribution in [0.3, 0.4) is 0 Å². The highest BCUT2D eigenvalue weighted by atomic mass is 16.4. The van der Waals surface area contributed by atoms with Crippen LogP contribution in [0, 0.1) is 0 Å². The molecule has 2 aromatic carbocycles. The fraction of sp³-hybridized carbons (Fsp3) is 0.167. The Morgan fingerprint density at radius 1 is 0.950 bits per heavy atom. The summed E-state index contributed by atoms with van der Waals surface area (Å²) in [7, 11) is 0. The van der Waals surface area contributed by atoms with Crippen LogP contribution in [0.4, 0.5) is 0 Å². The minimum Gasteiger partial charge on any atom is -0.478 e. The molecule has 0 unspecified atom stereocenters. The van der Waals surface area contributed by atoms with E-state index >= 15 is 0 Å². The summed E-state index contributed by atoms with van der Waals surface area (Å²) in [6.07, 6.45) is 3.32. The maximum Gasteiger partial charge on any atom is 0.330 e. The molecule has 0 atom stereocenters. The minimum atomic E-state index is -0.856. The number of carboxylic acid groups (broad SMARTS) is 1. The summed E-state index contributed by atoms with van der Waals surface area (Å²) in [6.45, 7) is 1.62. The lowest BCUT2D eigenvalue weighted by molar-refractivity contribution is -0.132. The summed E-state index contributed by atoms with van der Waals surface area (Å²) in [5, 5.41) is 8.80. The van der Waals surface area contributed by atoms with Gasteiger partial charge in [0.25, 0.3) is 0 Å². The van der Waals surface area contributed by atoms with E-state index < -0.39 is 5.97 Å². The highest BCUT2D eigenvalue weighted by Crippen LogP contribution is 2.11. The highest BCUT2D eigenvalue weighted by Gasteiger charge is 2.00. The number of carboxylic acids is 1. The minimum absolute atomic E-state index is 0.387. The van der Waals surface area contributed by atoms with E-state index in [4.69, 9.17) is 5.11 Å². The van der Waals surface area contributed by atoms with Crippen LogP contribution in [0.25, 0.3) is 0 Å². The van der Waals surface area contributed by atoms with Gasteiger partial charge in [-0.25, -0.2) is 4.79 Å². The molecule has 0 aliphatic heterocycles. The van der Waals surface area contributed by atoms with E-state index in [2.05, 4.69) is 36.4 Å². The van der Waals surface area contributed by atoms with Gasteiger partial charge in [0.2, 0.25) is 0 Å². The zero-order valence-electron chi connectivity index (χ0n) is 11.5. The van der Waals surface area contributed by atoms with E-state index in [9.17, 15) is 4.79 Å². The summed E-state index contributed by atoms with van der Waals surface area (Å²) < 4.78 is 0. The second kappa shape index (κ2) is 6.71. The van der Waals surface area contributed by atoms with Crippen LogP contribution in [0.2, 0.25) is 0 Å². The maximum absolute atomic E-state index is 10.7. The van der Waals surface area contributed by atoms with Crippen LogP contribution in [-0.2, 0) is 17.6 Å². The average Bonchev–Trinajstić information content (AvgIpc) is 2.47. The summed E-state index contributed by atoms with van der Waals surface area (Å²) in [6, 6.07) is 18.7. The van der Waals surface area contributed by atoms with Crippen molar-refractivity contribution in [2.24, 2.45) is 0 Å². The lowest BCUT2D eigenvalue weighted by atomic mass is 10.0. The zero-order chi connectivity index (χ0) is 14.4. The first-order valence-corrected chi connectivity index (χ1v) is 6.67. The van der Waals surface area contributed by atoms with Crippen molar-refractivity contribution < 1.29 is 9.90 Å². The molecular weight excluding hydrogens is 248 g/mol. The van der Waals surface area contributed by atoms with Gasteiger partial charge in [-0.1, -0.05) is 60.7 Å². The van der Waals surface area contributed by atoms with Gasteiger partial charge in [-0.05, 0) is 36.5 Å². The Labute approximate surface area is 119 Å². The Bertz CT molecular complexity index is 595. The molecule has 0 bridgehead atoms. The van der Waals surface area contributed by atoms with Gasteiger partial charge in [0.1, 0.15) is 0 Å². The molecule has 0 radical (unpaired) electrons. The number of aliphatic carboxylic acids is 1. The van der Waals surface area contributed by atoms with Crippen molar-refractivity contribution in [3.63, 3.8) is 0 Å². The standard InChI is InChI=1S/C18H18O2/c1-14(18(19)20)7-8-15-9-11-17(12-10-15)13-16-5-3-2-4-6-16/h2-7,9-12H,8,13H2,1H3,(H,19,20). The van der Waals surface area contributed by atoms with Gasteiger partial charge in [-0.2, -0.15) is 0 Å². The number of rotatable bonds is 5. The molecule has 0 amide bonds. The van der Waals surface area contributed by atoms with Crippen molar-refractivity contribution in [1.29, 1.82) is 0 Å². The number of allylic oxidation sites excluding steroid dienone is 1. The molecule has 0 spiro atoms. The molecule has 20 heavy (non-hydrogen) atoms. The van der Waals surface area contributed by atoms with Gasteiger partial charge in [0, 0.05) is 5.57 Å². The van der Waals surface area contributed by atoms with Gasteiger partial charge >= 0.3 is 5.97 Å². The van der Waals surface area contributed by atoms with Gasteiger partial charge in [0.15, 0.2) is 0 Å². The van der Waals surface area contributed by atoms with E-state index in [0.29, 0.717) is 12.0 Å². The fourth-order valence-corrected chi connectivity index (χ4v) is 1.98. The highest BCUT2D eigenvalue weighted by molar-refractivity contribution is 5.85. The van der Waals surface area contributed by atoms with E-state index in [0.717, 1.165) is 12.0 Å². The molecule has 0 heterocycles. The molecule has 0 saturated carbocycles. The third-order valence-electron chi connectivity index (χ3n) is 3.26. The monoisotopic (exact) mass is 266 g/mol. The van der Waals surface area contributed by atoms with Gasteiger partial charge in [-0.3, -0.25) is 0 Å². The third-order valence-corrected chi connectivity index (χ3v) is 3.26. The SMILES string of the molecule is CC(=CCc1ccc(Cc2ccccc2)cc1)C(=O)O. The van der Waals surface area contributed by atoms with Crippen molar-refractivity contribution in [2.45, 2.75) is 19.8 Å². The normalized spacial score (nSPS) is 11.3. The van der Waals surface area contributed by atoms with Gasteiger partial charge < -0.3 is 5.11 Å². The van der Waals surface area contributed by atoms with Crippen molar-refractivity contribution in [3.8, 4) is 0 Å². The predicted molar refractivity (Wildman–Crippen MR) is 80.8 cm³/mol. The van der Waals surface area contributed by atoms with Crippen LogP contribution in [-0.4, -0.2) is 11.1 Å². The lowest BCUT2D eigenvalue weighted by Gasteiger charge is -2.03. The Hall–Kier alpha value is -2.35. The number of hydrogen-bond acceptors (Lipinski definition) is 1. The summed E-state index contributed by atoms with van der Waals surface area (Å²) >= 11 is 0. The van der Waals surface area contributed by atoms with Crippen LogP contribution >= 0.6 is 0 Å². The van der Waals surface area contributed by atoms with E-state index in [1.165, 1.54) is 11.1 Å². The number of hydrogen-bond donors (Lipinski definition) is 1. The zero-order valence-corrected chi connectivity index (χ0v) is 11.5. The Morgan fingerprint density at radius 3 is 2.10 bits per heavy atom. The van der Waals surface area contributed by atoms with Crippen LogP contribution in [0.1, 0.15) is 23.6 Å². The fourth-order valence-electron chi connectivity index (χ4n) is 1.98. The second-order valence-corrected chi connectivity index (χ2v) is 4.88. The van der Waals surface area contributed by atoms with Crippen LogP contribution in [0.5, 0.6) is 0 Å².